The van der Waals surface area contributed by atoms with Crippen LogP contribution in [0.5, 0.6) is 0 Å². The van der Waals surface area contributed by atoms with Crippen LogP contribution in [-0.4, -0.2) is 167 Å². The second kappa shape index (κ2) is 60.9. The second-order valence-electron chi connectivity index (χ2n) is 20.7. The molecule has 106 heavy (non-hydrogen) atoms. The lowest BCUT2D eigenvalue weighted by atomic mass is 9.40. The summed E-state index contributed by atoms with van der Waals surface area (Å²) in [5.41, 5.74) is 22.1. The molecular formula is C74H86B7Br3N9O13. The summed E-state index contributed by atoms with van der Waals surface area (Å²) in [7, 11) is 18.0. The largest absolute Gasteiger partial charge is 1.00 e. The molecule has 1 fully saturated rings. The highest BCUT2D eigenvalue weighted by Crippen LogP contribution is 2.27. The Hall–Kier alpha value is -9.34. The number of aromatic nitrogens is 6. The molecule has 11 rings (SSSR count). The van der Waals surface area contributed by atoms with Gasteiger partial charge < -0.3 is 80.0 Å². The van der Waals surface area contributed by atoms with Crippen LogP contribution in [0.3, 0.4) is 0 Å². The number of hydrogen-bond donors (Lipinski definition) is 4. The summed E-state index contributed by atoms with van der Waals surface area (Å²) in [5, 5.41) is 12.8. The minimum atomic E-state index is -1.01. The molecule has 1 aliphatic rings. The number of ketones is 2. The first-order valence-electron chi connectivity index (χ1n) is 31.7. The number of carbonyl (C=O) groups is 7. The Bertz CT molecular complexity index is 4080. The van der Waals surface area contributed by atoms with Crippen molar-refractivity contribution in [2.75, 3.05) is 62.2 Å². The van der Waals surface area contributed by atoms with Gasteiger partial charge in [-0.1, -0.05) is 108 Å². The van der Waals surface area contributed by atoms with Crippen molar-refractivity contribution in [1.29, 1.82) is 0 Å². The van der Waals surface area contributed by atoms with Crippen molar-refractivity contribution in [3.63, 3.8) is 0 Å². The maximum Gasteiger partial charge on any atom is 0.381 e. The number of Topliss-reactive ketones (excluding diaryl/α,β-unsaturated/α-hetero) is 2. The minimum absolute atomic E-state index is 0. The summed E-state index contributed by atoms with van der Waals surface area (Å²) in [6, 6.07) is 52.3. The van der Waals surface area contributed by atoms with E-state index in [0.29, 0.717) is 52.9 Å². The number of ether oxygens (including phenoxy) is 5. The quantitative estimate of drug-likeness (QED) is 0.0178. The van der Waals surface area contributed by atoms with E-state index in [4.69, 9.17) is 31.4 Å². The van der Waals surface area contributed by atoms with Crippen molar-refractivity contribution in [2.45, 2.75) is 80.4 Å². The highest BCUT2D eigenvalue weighted by atomic mass is 79.9. The molecule has 0 atom stereocenters. The molecule has 1 aliphatic heterocycles. The summed E-state index contributed by atoms with van der Waals surface area (Å²) < 4.78 is 27.5. The van der Waals surface area contributed by atoms with Gasteiger partial charge in [-0.3, -0.25) is 19.4 Å². The van der Waals surface area contributed by atoms with Crippen molar-refractivity contribution in [3.8, 4) is 5.69 Å². The first-order chi connectivity index (χ1) is 48.7. The number of aliphatic hydroxyl groups is 1. The molecule has 1 saturated heterocycles. The number of esters is 4. The van der Waals surface area contributed by atoms with Gasteiger partial charge in [0, 0.05) is 138 Å². The summed E-state index contributed by atoms with van der Waals surface area (Å²) in [4.78, 5) is 93.6. The van der Waals surface area contributed by atoms with E-state index in [-0.39, 0.29) is 89.0 Å². The van der Waals surface area contributed by atoms with Crippen molar-refractivity contribution in [3.05, 3.63) is 230 Å². The molecule has 4 aromatic carbocycles. The number of nitrogens with zero attached hydrogens (tertiary/aromatic N) is 6. The topological polar surface area (TPSA) is 323 Å². The van der Waals surface area contributed by atoms with Crippen LogP contribution in [0.15, 0.2) is 207 Å². The fraction of sp³-hybridized carbons (Fsp3) is 0.257. The van der Waals surface area contributed by atoms with E-state index in [9.17, 15) is 38.7 Å². The van der Waals surface area contributed by atoms with E-state index in [1.54, 1.807) is 113 Å². The number of para-hydroxylation sites is 4. The van der Waals surface area contributed by atoms with Crippen LogP contribution < -0.4 is 60.3 Å². The van der Waals surface area contributed by atoms with Gasteiger partial charge in [0.2, 0.25) is 23.7 Å². The summed E-state index contributed by atoms with van der Waals surface area (Å²) >= 11 is 2.83. The minimum Gasteiger partial charge on any atom is -1.00 e. The van der Waals surface area contributed by atoms with Crippen LogP contribution in [0.4, 0.5) is 17.1 Å². The predicted octanol–water partition coefficient (Wildman–Crippen LogP) is 2.67. The molecule has 6 aromatic heterocycles. The summed E-state index contributed by atoms with van der Waals surface area (Å²) in [5.74, 6) is -3.52. The molecule has 7 N–H and O–H groups in total. The molecule has 15 radical (unpaired) electrons. The van der Waals surface area contributed by atoms with Gasteiger partial charge in [-0.15, -0.1) is 0 Å². The van der Waals surface area contributed by atoms with E-state index in [1.807, 2.05) is 144 Å². The van der Waals surface area contributed by atoms with Crippen molar-refractivity contribution >= 4 is 162 Å². The fourth-order valence-electron chi connectivity index (χ4n) is 8.19. The van der Waals surface area contributed by atoms with E-state index >= 15 is 0 Å². The monoisotopic (exact) mass is 1620 g/mol. The summed E-state index contributed by atoms with van der Waals surface area (Å²) in [6.07, 6.45) is 15.4. The Morgan fingerprint density at radius 1 is 0.557 bits per heavy atom. The molecule has 0 unspecified atom stereocenters. The van der Waals surface area contributed by atoms with Gasteiger partial charge in [-0.2, -0.15) is 9.13 Å². The van der Waals surface area contributed by atoms with Gasteiger partial charge in [0.1, 0.15) is 5.60 Å². The standard InChI is InChI=1S/C17H15N2O2.C12H12N2O2.C12H14N2O.C10H12NO3.C7H7NO.C5H7BrO3.C5H5N.C5H10O.CH4.B3.B2.2B.2BrH/c1-2-21-17(20)16-15(19-10-6-3-7-11-19)12-13-8-4-5-9-14(13)18-16;1-2-16-12(15)11-9(13)7-8-5-3-4-6-10(8)14-11;1-12(2,15)11-9(13)7-8-5-3-4-6-10(8)14-11;1-2-14-10(13)9(12)8-11-6-4-3-5-7-11;8-7-4-2-1-3-6(7)5-9;1-2-9-5(8)4(7)3-6;2*1-2-4-6-5-3-1;;1-3-2;1-2;;;;/h3-12H,2H2,1H3;3-7H,2,13H2,1H3;3-7,15H,13H2,1-2H3;3-7H,2,8H2,1H3;1-5H,8H2;2-3H2,1H3;1-5H;1-5H2;1H4;;;;;2*1H/q+1;;;+1;;;;;;;;;;;/p-2. The SMILES string of the molecule is C.C1CCOCC1.CC(C)(O)c1nc2ccccc2cc1N.CCOC(=O)C(=O)CBr.CCOC(=O)C(=O)C[n+]1ccccc1.CCOC(=O)c1nc2ccccc2cc1-[n+]1ccccc1.CCOC(=O)c1nc2ccccc2cc1N.Nc1ccccc1C=O.[B].[B].[B][B].[B][B][B].[Br-].[Br-].c1ccncc1. The molecule has 0 aliphatic carbocycles. The van der Waals surface area contributed by atoms with Crippen LogP contribution in [-0.2, 0) is 55.0 Å². The Morgan fingerprint density at radius 3 is 1.36 bits per heavy atom. The average molecular weight is 1620 g/mol. The van der Waals surface area contributed by atoms with Gasteiger partial charge in [-0.05, 0) is 115 Å². The van der Waals surface area contributed by atoms with E-state index < -0.39 is 41.0 Å². The Morgan fingerprint density at radius 2 is 0.962 bits per heavy atom. The third kappa shape index (κ3) is 39.7. The number of aldehydes is 1. The molecule has 0 amide bonds. The van der Waals surface area contributed by atoms with Gasteiger partial charge >= 0.3 is 29.7 Å². The van der Waals surface area contributed by atoms with E-state index in [1.165, 1.54) is 19.3 Å². The average Bonchev–Trinajstić information content (AvgIpc) is 0.803. The molecule has 22 nitrogen and oxygen atoms in total. The third-order valence-corrected chi connectivity index (χ3v) is 13.2. The number of rotatable bonds is 14. The van der Waals surface area contributed by atoms with Crippen LogP contribution >= 0.6 is 15.9 Å². The zero-order chi connectivity index (χ0) is 74.8. The van der Waals surface area contributed by atoms with E-state index in [0.717, 1.165) is 59.3 Å². The van der Waals surface area contributed by atoms with Crippen molar-refractivity contribution in [2.24, 2.45) is 0 Å². The first-order valence-corrected chi connectivity index (χ1v) is 32.8. The van der Waals surface area contributed by atoms with Crippen LogP contribution in [0.1, 0.15) is 105 Å². The van der Waals surface area contributed by atoms with Gasteiger partial charge in [-0.25, -0.2) is 34.1 Å². The number of pyridine rings is 6. The lowest BCUT2D eigenvalue weighted by Gasteiger charge is -2.19. The van der Waals surface area contributed by atoms with Crippen molar-refractivity contribution < 1.29 is 105 Å². The van der Waals surface area contributed by atoms with Gasteiger partial charge in [0.05, 0.1) is 65.4 Å². The lowest BCUT2D eigenvalue weighted by Crippen LogP contribution is -3.00. The predicted molar refractivity (Wildman–Crippen MR) is 419 cm³/mol. The third-order valence-electron chi connectivity index (χ3n) is 12.7. The molecule has 547 valence electrons. The normalized spacial score (nSPS) is 10.0. The van der Waals surface area contributed by atoms with Gasteiger partial charge in [0.25, 0.3) is 0 Å². The number of alkyl halides is 1. The highest BCUT2D eigenvalue weighted by molar-refractivity contribution is 9.09. The van der Waals surface area contributed by atoms with E-state index in [2.05, 4.69) is 76.3 Å². The number of halogens is 3. The maximum absolute atomic E-state index is 12.2. The fourth-order valence-corrected chi connectivity index (χ4v) is 8.42. The lowest BCUT2D eigenvalue weighted by molar-refractivity contribution is -0.683. The van der Waals surface area contributed by atoms with Crippen LogP contribution in [0.2, 0.25) is 0 Å². The Kier molecular flexibility index (Phi) is 59.2. The molecule has 0 spiro atoms. The van der Waals surface area contributed by atoms with Gasteiger partial charge in [0.15, 0.2) is 36.8 Å². The van der Waals surface area contributed by atoms with Crippen LogP contribution in [0.25, 0.3) is 38.4 Å². The Labute approximate surface area is 661 Å². The molecule has 0 saturated carbocycles. The molecule has 10 aromatic rings. The number of hydrogen-bond acceptors (Lipinski definition) is 20. The maximum atomic E-state index is 12.2. The number of nitrogen functional groups attached to an aromatic ring is 3. The zero-order valence-corrected chi connectivity index (χ0v) is 64.2. The smallest absolute Gasteiger partial charge is 0.381 e. The molecular weight excluding hydrogens is 1540 g/mol. The second-order valence-corrected chi connectivity index (χ2v) is 21.2. The molecule has 32 heteroatoms. The highest BCUT2D eigenvalue weighted by Gasteiger charge is 2.24. The zero-order valence-electron chi connectivity index (χ0n) is 59.4. The number of fused-ring (bicyclic) bond motifs is 3. The first kappa shape index (κ1) is 103. The summed E-state index contributed by atoms with van der Waals surface area (Å²) in [6.45, 7) is 13.4. The molecule has 7 heterocycles. The van der Waals surface area contributed by atoms with Crippen LogP contribution in [0, 0.1) is 0 Å². The Balaban J connectivity index is -0.000000567. The number of anilines is 3. The number of benzene rings is 4. The number of carbonyl (C=O) groups excluding carboxylic acids is 7. The molecule has 0 bridgehead atoms. The van der Waals surface area contributed by atoms with Crippen molar-refractivity contribution in [1.82, 2.24) is 19.9 Å². The number of nitrogens with two attached hydrogens (primary N) is 3.